The van der Waals surface area contributed by atoms with E-state index < -0.39 is 39.2 Å². The lowest BCUT2D eigenvalue weighted by Crippen LogP contribution is -2.13. The summed E-state index contributed by atoms with van der Waals surface area (Å²) >= 11 is 5.33. The minimum absolute atomic E-state index is 0.276. The molecule has 0 saturated heterocycles. The van der Waals surface area contributed by atoms with Crippen molar-refractivity contribution in [1.82, 2.24) is 4.98 Å². The van der Waals surface area contributed by atoms with Crippen molar-refractivity contribution in [3.8, 4) is 17.2 Å². The maximum atomic E-state index is 13.9. The van der Waals surface area contributed by atoms with Crippen LogP contribution in [0, 0.1) is 35.7 Å². The monoisotopic (exact) mass is 298 g/mol. The third-order valence-electron chi connectivity index (χ3n) is 2.66. The molecule has 3 nitrogen and oxygen atoms in total. The highest BCUT2D eigenvalue weighted by atomic mass is 35.5. The summed E-state index contributed by atoms with van der Waals surface area (Å²) in [5.41, 5.74) is -2.15. The van der Waals surface area contributed by atoms with Crippen molar-refractivity contribution in [3.63, 3.8) is 0 Å². The maximum absolute atomic E-state index is 13.9. The van der Waals surface area contributed by atoms with Crippen molar-refractivity contribution < 1.29 is 13.2 Å². The van der Waals surface area contributed by atoms with Crippen molar-refractivity contribution in [2.75, 3.05) is 0 Å². The average molecular weight is 299 g/mol. The Bertz CT molecular complexity index is 809. The maximum Gasteiger partial charge on any atom is 0.266 e. The number of halogens is 4. The minimum Gasteiger partial charge on any atom is -0.325 e. The van der Waals surface area contributed by atoms with Gasteiger partial charge in [0.25, 0.3) is 5.56 Å². The molecule has 0 bridgehead atoms. The van der Waals surface area contributed by atoms with Crippen molar-refractivity contribution >= 4 is 11.6 Å². The van der Waals surface area contributed by atoms with Gasteiger partial charge in [0.2, 0.25) is 0 Å². The van der Waals surface area contributed by atoms with Crippen molar-refractivity contribution in [2.45, 2.75) is 6.92 Å². The topological polar surface area (TPSA) is 56.6 Å². The molecular weight excluding hydrogens is 293 g/mol. The molecule has 0 fully saturated rings. The molecule has 1 aromatic heterocycles. The number of hydrogen-bond donors (Lipinski definition) is 1. The number of nitriles is 1. The number of aromatic nitrogens is 1. The van der Waals surface area contributed by atoms with Gasteiger partial charge in [-0.3, -0.25) is 4.79 Å². The fourth-order valence-corrected chi connectivity index (χ4v) is 1.99. The van der Waals surface area contributed by atoms with Gasteiger partial charge >= 0.3 is 0 Å². The van der Waals surface area contributed by atoms with Crippen LogP contribution in [0.2, 0.25) is 5.02 Å². The molecule has 0 radical (unpaired) electrons. The summed E-state index contributed by atoms with van der Waals surface area (Å²) in [6, 6.07) is 3.33. The molecule has 0 aliphatic rings. The van der Waals surface area contributed by atoms with Crippen LogP contribution in [0.15, 0.2) is 16.9 Å². The number of nitrogens with one attached hydrogen (secondary N) is 1. The summed E-state index contributed by atoms with van der Waals surface area (Å²) in [6.07, 6.45) is 0. The Labute approximate surface area is 116 Å². The zero-order valence-electron chi connectivity index (χ0n) is 10.0. The molecule has 1 aromatic carbocycles. The Hall–Kier alpha value is -2.26. The first kappa shape index (κ1) is 14.2. The first-order chi connectivity index (χ1) is 9.36. The van der Waals surface area contributed by atoms with Gasteiger partial charge in [-0.15, -0.1) is 0 Å². The molecule has 20 heavy (non-hydrogen) atoms. The van der Waals surface area contributed by atoms with E-state index in [1.165, 1.54) is 13.0 Å². The average Bonchev–Trinajstić information content (AvgIpc) is 2.35. The van der Waals surface area contributed by atoms with Gasteiger partial charge < -0.3 is 4.98 Å². The standard InChI is InChI=1S/C13H6ClF3N2O/c1-5-2-6(7(4-18)13(20)19-5)10-9(15)3-8(14)11(16)12(10)17/h2-3H,1H3,(H,19,20). The van der Waals surface area contributed by atoms with E-state index in [1.807, 2.05) is 0 Å². The molecule has 0 aliphatic carbocycles. The number of benzene rings is 1. The van der Waals surface area contributed by atoms with Crippen LogP contribution < -0.4 is 5.56 Å². The van der Waals surface area contributed by atoms with Crippen LogP contribution in [0.4, 0.5) is 13.2 Å². The fourth-order valence-electron chi connectivity index (χ4n) is 1.81. The Morgan fingerprint density at radius 2 is 1.90 bits per heavy atom. The second kappa shape index (κ2) is 5.02. The number of H-pyrrole nitrogens is 1. The molecule has 1 heterocycles. The van der Waals surface area contributed by atoms with Crippen LogP contribution in [0.3, 0.4) is 0 Å². The van der Waals surface area contributed by atoms with Crippen LogP contribution >= 0.6 is 11.6 Å². The summed E-state index contributed by atoms with van der Waals surface area (Å²) in [5, 5.41) is 8.20. The van der Waals surface area contributed by atoms with Crippen molar-refractivity contribution in [1.29, 1.82) is 5.26 Å². The van der Waals surface area contributed by atoms with Crippen LogP contribution in [0.5, 0.6) is 0 Å². The predicted molar refractivity (Wildman–Crippen MR) is 66.8 cm³/mol. The number of pyridine rings is 1. The number of aromatic amines is 1. The van der Waals surface area contributed by atoms with E-state index in [4.69, 9.17) is 16.9 Å². The molecule has 0 saturated carbocycles. The van der Waals surface area contributed by atoms with Crippen molar-refractivity contribution in [2.24, 2.45) is 0 Å². The smallest absolute Gasteiger partial charge is 0.266 e. The largest absolute Gasteiger partial charge is 0.325 e. The SMILES string of the molecule is Cc1cc(-c2c(F)cc(Cl)c(F)c2F)c(C#N)c(=O)[nH]1. The lowest BCUT2D eigenvalue weighted by molar-refractivity contribution is 0.499. The Morgan fingerprint density at radius 3 is 2.50 bits per heavy atom. The van der Waals surface area contributed by atoms with Crippen LogP contribution in [-0.4, -0.2) is 4.98 Å². The van der Waals surface area contributed by atoms with Gasteiger partial charge in [0.05, 0.1) is 10.6 Å². The van der Waals surface area contributed by atoms with E-state index in [1.54, 1.807) is 6.07 Å². The van der Waals surface area contributed by atoms with Gasteiger partial charge in [-0.25, -0.2) is 13.2 Å². The second-order valence-electron chi connectivity index (χ2n) is 4.03. The van der Waals surface area contributed by atoms with E-state index in [2.05, 4.69) is 4.98 Å². The van der Waals surface area contributed by atoms with E-state index in [9.17, 15) is 18.0 Å². The van der Waals surface area contributed by atoms with Gasteiger partial charge in [-0.1, -0.05) is 11.6 Å². The molecule has 2 aromatic rings. The lowest BCUT2D eigenvalue weighted by Gasteiger charge is -2.09. The van der Waals surface area contributed by atoms with Gasteiger partial charge in [0, 0.05) is 11.3 Å². The van der Waals surface area contributed by atoms with Crippen LogP contribution in [0.1, 0.15) is 11.3 Å². The Balaban J connectivity index is 2.93. The molecule has 0 amide bonds. The normalized spacial score (nSPS) is 10.4. The van der Waals surface area contributed by atoms with E-state index in [-0.39, 0.29) is 11.3 Å². The van der Waals surface area contributed by atoms with Gasteiger partial charge in [0.15, 0.2) is 11.6 Å². The minimum atomic E-state index is -1.54. The summed E-state index contributed by atoms with van der Waals surface area (Å²) in [4.78, 5) is 13.9. The zero-order valence-corrected chi connectivity index (χ0v) is 10.8. The zero-order chi connectivity index (χ0) is 15.0. The van der Waals surface area contributed by atoms with Crippen molar-refractivity contribution in [3.05, 3.63) is 56.2 Å². The third-order valence-corrected chi connectivity index (χ3v) is 2.94. The molecule has 1 N–H and O–H groups in total. The van der Waals surface area contributed by atoms with Crippen LogP contribution in [0.25, 0.3) is 11.1 Å². The summed E-state index contributed by atoms with van der Waals surface area (Å²) in [6.45, 7) is 1.47. The first-order valence-corrected chi connectivity index (χ1v) is 5.72. The highest BCUT2D eigenvalue weighted by Gasteiger charge is 2.23. The second-order valence-corrected chi connectivity index (χ2v) is 4.43. The summed E-state index contributed by atoms with van der Waals surface area (Å²) in [7, 11) is 0. The Kier molecular flexibility index (Phi) is 3.55. The molecular formula is C13H6ClF3N2O. The molecule has 2 rings (SSSR count). The predicted octanol–water partition coefficient (Wildman–Crippen LogP) is 3.29. The molecule has 102 valence electrons. The fraction of sp³-hybridized carbons (Fsp3) is 0.0769. The van der Waals surface area contributed by atoms with Gasteiger partial charge in [0.1, 0.15) is 17.4 Å². The summed E-state index contributed by atoms with van der Waals surface area (Å²) < 4.78 is 41.2. The van der Waals surface area contributed by atoms with E-state index in [0.717, 1.165) is 0 Å². The summed E-state index contributed by atoms with van der Waals surface area (Å²) in [5.74, 6) is -4.14. The van der Waals surface area contributed by atoms with E-state index >= 15 is 0 Å². The Morgan fingerprint density at radius 1 is 1.25 bits per heavy atom. The van der Waals surface area contributed by atoms with Gasteiger partial charge in [-0.2, -0.15) is 5.26 Å². The number of rotatable bonds is 1. The van der Waals surface area contributed by atoms with E-state index in [0.29, 0.717) is 6.07 Å². The molecule has 0 aliphatic heterocycles. The highest BCUT2D eigenvalue weighted by Crippen LogP contribution is 2.32. The number of hydrogen-bond acceptors (Lipinski definition) is 2. The quantitative estimate of drug-likeness (QED) is 0.649. The lowest BCUT2D eigenvalue weighted by atomic mass is 9.99. The third kappa shape index (κ3) is 2.17. The van der Waals surface area contributed by atoms with Crippen LogP contribution in [-0.2, 0) is 0 Å². The molecule has 7 heteroatoms. The number of aryl methyl sites for hydroxylation is 1. The van der Waals surface area contributed by atoms with Gasteiger partial charge in [-0.05, 0) is 19.1 Å². The first-order valence-electron chi connectivity index (χ1n) is 5.34. The molecule has 0 unspecified atom stereocenters. The number of nitrogens with zero attached hydrogens (tertiary/aromatic N) is 1. The highest BCUT2D eigenvalue weighted by molar-refractivity contribution is 6.30. The molecule has 0 spiro atoms. The molecule has 0 atom stereocenters.